The molecule has 2 atom stereocenters. The lowest BCUT2D eigenvalue weighted by Crippen LogP contribution is -2.36. The molecular weight excluding hydrogens is 306 g/mol. The Hall–Kier alpha value is -2.34. The molecule has 0 saturated heterocycles. The number of benzene rings is 1. The van der Waals surface area contributed by atoms with E-state index < -0.39 is 0 Å². The number of rotatable bonds is 4. The monoisotopic (exact) mass is 329 g/mol. The van der Waals surface area contributed by atoms with Crippen LogP contribution in [0.15, 0.2) is 35.1 Å². The van der Waals surface area contributed by atoms with Crippen molar-refractivity contribution < 1.29 is 9.90 Å². The van der Waals surface area contributed by atoms with Gasteiger partial charge in [0, 0.05) is 18.5 Å². The summed E-state index contributed by atoms with van der Waals surface area (Å²) in [7, 11) is 0. The summed E-state index contributed by atoms with van der Waals surface area (Å²) in [6.07, 6.45) is 3.48. The second-order valence-corrected chi connectivity index (χ2v) is 6.50. The number of carbonyl (C=O) groups excluding carboxylic acids is 1. The quantitative estimate of drug-likeness (QED) is 0.799. The molecule has 1 saturated carbocycles. The molecule has 1 aliphatic carbocycles. The molecule has 1 aliphatic rings. The van der Waals surface area contributed by atoms with Crippen LogP contribution in [0.25, 0.3) is 5.69 Å². The minimum Gasteiger partial charge on any atom is -0.393 e. The number of amides is 1. The molecule has 1 fully saturated rings. The molecule has 3 rings (SSSR count). The molecule has 6 heteroatoms. The molecule has 0 bridgehead atoms. The Morgan fingerprint density at radius 1 is 1.29 bits per heavy atom. The van der Waals surface area contributed by atoms with Gasteiger partial charge in [-0.15, -0.1) is 0 Å². The topological polar surface area (TPSA) is 87.1 Å². The lowest BCUT2D eigenvalue weighted by atomic mass is 9.86. The lowest BCUT2D eigenvalue weighted by Gasteiger charge is -2.27. The van der Waals surface area contributed by atoms with Crippen molar-refractivity contribution in [2.75, 3.05) is 6.54 Å². The third-order valence-electron chi connectivity index (χ3n) is 4.65. The number of aliphatic hydroxyl groups excluding tert-OH is 1. The summed E-state index contributed by atoms with van der Waals surface area (Å²) in [5.74, 6) is -0.232. The second-order valence-electron chi connectivity index (χ2n) is 6.50. The van der Waals surface area contributed by atoms with Crippen LogP contribution in [0.2, 0.25) is 0 Å². The zero-order valence-electron chi connectivity index (χ0n) is 13.8. The maximum Gasteiger partial charge on any atom is 0.271 e. The molecule has 1 aromatic heterocycles. The van der Waals surface area contributed by atoms with Crippen molar-refractivity contribution in [1.82, 2.24) is 15.1 Å². The molecule has 0 aliphatic heterocycles. The Bertz CT molecular complexity index is 761. The van der Waals surface area contributed by atoms with Crippen LogP contribution in [0.1, 0.15) is 41.7 Å². The van der Waals surface area contributed by atoms with Crippen molar-refractivity contribution in [2.24, 2.45) is 5.92 Å². The predicted octanol–water partition coefficient (Wildman–Crippen LogP) is 1.75. The fourth-order valence-electron chi connectivity index (χ4n) is 3.14. The minimum absolute atomic E-state index is 0.0913. The van der Waals surface area contributed by atoms with E-state index in [-0.39, 0.29) is 29.2 Å². The van der Waals surface area contributed by atoms with Gasteiger partial charge in [0.05, 0.1) is 11.8 Å². The first-order chi connectivity index (χ1) is 11.5. The van der Waals surface area contributed by atoms with Crippen LogP contribution < -0.4 is 10.9 Å². The van der Waals surface area contributed by atoms with Gasteiger partial charge in [-0.2, -0.15) is 0 Å². The van der Waals surface area contributed by atoms with Gasteiger partial charge in [-0.05, 0) is 31.9 Å². The van der Waals surface area contributed by atoms with Gasteiger partial charge in [-0.1, -0.05) is 30.5 Å². The van der Waals surface area contributed by atoms with Crippen LogP contribution in [0.5, 0.6) is 0 Å². The fraction of sp³-hybridized carbons (Fsp3) is 0.444. The van der Waals surface area contributed by atoms with E-state index in [4.69, 9.17) is 0 Å². The smallest absolute Gasteiger partial charge is 0.271 e. The number of aromatic nitrogens is 2. The summed E-state index contributed by atoms with van der Waals surface area (Å²) < 4.78 is 1.35. The highest BCUT2D eigenvalue weighted by Crippen LogP contribution is 2.23. The number of hydrogen-bond acceptors (Lipinski definition) is 3. The summed E-state index contributed by atoms with van der Waals surface area (Å²) >= 11 is 0. The second kappa shape index (κ2) is 7.05. The molecule has 1 aromatic carbocycles. The molecule has 3 N–H and O–H groups in total. The number of aliphatic hydroxyl groups is 1. The minimum atomic E-state index is -0.352. The first kappa shape index (κ1) is 16.5. The van der Waals surface area contributed by atoms with Gasteiger partial charge in [-0.3, -0.25) is 14.7 Å². The molecule has 0 radical (unpaired) electrons. The van der Waals surface area contributed by atoms with E-state index in [1.165, 1.54) is 10.7 Å². The van der Waals surface area contributed by atoms with Gasteiger partial charge in [0.25, 0.3) is 11.5 Å². The van der Waals surface area contributed by atoms with E-state index in [1.807, 2.05) is 31.2 Å². The van der Waals surface area contributed by atoms with Gasteiger partial charge < -0.3 is 10.4 Å². The van der Waals surface area contributed by atoms with Crippen LogP contribution in [-0.4, -0.2) is 33.4 Å². The molecule has 24 heavy (non-hydrogen) atoms. The van der Waals surface area contributed by atoms with E-state index in [0.717, 1.165) is 31.2 Å². The molecule has 2 aromatic rings. The molecule has 1 amide bonds. The number of aromatic amines is 1. The highest BCUT2D eigenvalue weighted by molar-refractivity contribution is 5.92. The van der Waals surface area contributed by atoms with E-state index in [1.54, 1.807) is 0 Å². The average molecular weight is 329 g/mol. The number of nitrogens with zero attached hydrogens (tertiary/aromatic N) is 1. The maximum absolute atomic E-state index is 12.3. The van der Waals surface area contributed by atoms with Gasteiger partial charge >= 0.3 is 0 Å². The Morgan fingerprint density at radius 2 is 2.00 bits per heavy atom. The van der Waals surface area contributed by atoms with Crippen molar-refractivity contribution in [3.63, 3.8) is 0 Å². The number of nitrogens with one attached hydrogen (secondary N) is 2. The number of H-pyrrole nitrogens is 1. The van der Waals surface area contributed by atoms with E-state index in [9.17, 15) is 14.7 Å². The van der Waals surface area contributed by atoms with Gasteiger partial charge in [0.15, 0.2) is 0 Å². The SMILES string of the molecule is Cc1ccc(-n2[nH]c(C(=O)NC[C@H]3CCCC[C@H]3O)cc2=O)cc1. The molecular formula is C18H23N3O3. The lowest BCUT2D eigenvalue weighted by molar-refractivity contribution is 0.0661. The largest absolute Gasteiger partial charge is 0.393 e. The zero-order valence-corrected chi connectivity index (χ0v) is 13.8. The van der Waals surface area contributed by atoms with Crippen molar-refractivity contribution in [3.05, 3.63) is 51.9 Å². The Morgan fingerprint density at radius 3 is 2.71 bits per heavy atom. The van der Waals surface area contributed by atoms with Crippen LogP contribution in [0.3, 0.4) is 0 Å². The number of hydrogen-bond donors (Lipinski definition) is 3. The summed E-state index contributed by atoms with van der Waals surface area (Å²) in [6, 6.07) is 8.77. The molecule has 1 heterocycles. The first-order valence-electron chi connectivity index (χ1n) is 8.40. The van der Waals surface area contributed by atoms with Crippen molar-refractivity contribution in [1.29, 1.82) is 0 Å². The van der Waals surface area contributed by atoms with Crippen LogP contribution in [0.4, 0.5) is 0 Å². The molecule has 0 spiro atoms. The van der Waals surface area contributed by atoms with Crippen molar-refractivity contribution in [2.45, 2.75) is 38.7 Å². The maximum atomic E-state index is 12.3. The predicted molar refractivity (Wildman–Crippen MR) is 91.4 cm³/mol. The average Bonchev–Trinajstić information content (AvgIpc) is 2.96. The summed E-state index contributed by atoms with van der Waals surface area (Å²) in [5, 5.41) is 15.6. The van der Waals surface area contributed by atoms with Crippen molar-refractivity contribution in [3.8, 4) is 5.69 Å². The van der Waals surface area contributed by atoms with Gasteiger partial charge in [0.2, 0.25) is 0 Å². The van der Waals surface area contributed by atoms with Crippen LogP contribution in [-0.2, 0) is 0 Å². The third-order valence-corrected chi connectivity index (χ3v) is 4.65. The highest BCUT2D eigenvalue weighted by atomic mass is 16.3. The van der Waals surface area contributed by atoms with Crippen LogP contribution >= 0.6 is 0 Å². The van der Waals surface area contributed by atoms with E-state index >= 15 is 0 Å². The molecule has 6 nitrogen and oxygen atoms in total. The third kappa shape index (κ3) is 3.59. The standard InChI is InChI=1S/C18H23N3O3/c1-12-6-8-14(9-7-12)21-17(23)10-15(20-21)18(24)19-11-13-4-2-3-5-16(13)22/h6-10,13,16,20,22H,2-5,11H2,1H3,(H,19,24)/t13-,16-/m1/s1. The van der Waals surface area contributed by atoms with Crippen LogP contribution in [0, 0.1) is 12.8 Å². The fourth-order valence-corrected chi connectivity index (χ4v) is 3.14. The Kier molecular flexibility index (Phi) is 4.85. The van der Waals surface area contributed by atoms with Gasteiger partial charge in [-0.25, -0.2) is 4.68 Å². The number of aryl methyl sites for hydroxylation is 1. The Labute approximate surface area is 140 Å². The molecule has 0 unspecified atom stereocenters. The summed E-state index contributed by atoms with van der Waals surface area (Å²) in [4.78, 5) is 24.4. The number of carbonyl (C=O) groups is 1. The van der Waals surface area contributed by atoms with Gasteiger partial charge in [0.1, 0.15) is 5.69 Å². The summed E-state index contributed by atoms with van der Waals surface area (Å²) in [6.45, 7) is 2.40. The normalized spacial score (nSPS) is 20.8. The first-order valence-corrected chi connectivity index (χ1v) is 8.40. The molecule has 128 valence electrons. The van der Waals surface area contributed by atoms with E-state index in [2.05, 4.69) is 10.4 Å². The Balaban J connectivity index is 1.68. The summed E-state index contributed by atoms with van der Waals surface area (Å²) in [5.41, 5.74) is 1.74. The highest BCUT2D eigenvalue weighted by Gasteiger charge is 2.23. The van der Waals surface area contributed by atoms with E-state index in [0.29, 0.717) is 12.2 Å². The zero-order chi connectivity index (χ0) is 17.1. The van der Waals surface area contributed by atoms with Crippen molar-refractivity contribution >= 4 is 5.91 Å².